The second kappa shape index (κ2) is 5.54. The molecule has 0 saturated carbocycles. The van der Waals surface area contributed by atoms with Crippen molar-refractivity contribution in [1.82, 2.24) is 9.78 Å². The second-order valence-corrected chi connectivity index (χ2v) is 5.95. The van der Waals surface area contributed by atoms with E-state index in [4.69, 9.17) is 17.3 Å². The third-order valence-corrected chi connectivity index (χ3v) is 3.88. The van der Waals surface area contributed by atoms with E-state index in [1.54, 1.807) is 16.8 Å². The van der Waals surface area contributed by atoms with E-state index in [0.717, 1.165) is 11.4 Å². The standard InChI is InChI=1S/C15H19ClFN3/c1-10-14(16)13(20(3)19-10)9-15(2,18)8-11-6-4-5-7-12(11)17/h4-7H,8-9,18H2,1-3H3. The van der Waals surface area contributed by atoms with Crippen LogP contribution in [0.4, 0.5) is 4.39 Å². The van der Waals surface area contributed by atoms with Crippen LogP contribution in [0.3, 0.4) is 0 Å². The van der Waals surface area contributed by atoms with Gasteiger partial charge in [-0.05, 0) is 31.9 Å². The minimum atomic E-state index is -0.591. The minimum absolute atomic E-state index is 0.226. The Bertz CT molecular complexity index is 620. The Labute approximate surface area is 123 Å². The molecule has 0 radical (unpaired) electrons. The fourth-order valence-corrected chi connectivity index (χ4v) is 2.62. The van der Waals surface area contributed by atoms with E-state index in [1.165, 1.54) is 6.07 Å². The molecule has 1 heterocycles. The maximum atomic E-state index is 13.7. The summed E-state index contributed by atoms with van der Waals surface area (Å²) in [6, 6.07) is 6.70. The van der Waals surface area contributed by atoms with Crippen molar-refractivity contribution in [1.29, 1.82) is 0 Å². The molecule has 0 spiro atoms. The van der Waals surface area contributed by atoms with Crippen LogP contribution in [0.15, 0.2) is 24.3 Å². The maximum Gasteiger partial charge on any atom is 0.126 e. The topological polar surface area (TPSA) is 43.8 Å². The molecule has 3 nitrogen and oxygen atoms in total. The molecule has 0 saturated heterocycles. The number of nitrogens with zero attached hydrogens (tertiary/aromatic N) is 2. The monoisotopic (exact) mass is 295 g/mol. The van der Waals surface area contributed by atoms with Crippen molar-refractivity contribution in [2.75, 3.05) is 0 Å². The quantitative estimate of drug-likeness (QED) is 0.942. The molecular formula is C15H19ClFN3. The molecule has 1 atom stereocenters. The van der Waals surface area contributed by atoms with Gasteiger partial charge in [0.1, 0.15) is 5.82 Å². The summed E-state index contributed by atoms with van der Waals surface area (Å²) >= 11 is 6.24. The van der Waals surface area contributed by atoms with Crippen molar-refractivity contribution in [3.8, 4) is 0 Å². The highest BCUT2D eigenvalue weighted by atomic mass is 35.5. The first-order valence-corrected chi connectivity index (χ1v) is 6.88. The number of halogens is 2. The smallest absolute Gasteiger partial charge is 0.126 e. The van der Waals surface area contributed by atoms with E-state index in [0.29, 0.717) is 23.4 Å². The van der Waals surface area contributed by atoms with Crippen LogP contribution in [0.2, 0.25) is 5.02 Å². The van der Waals surface area contributed by atoms with Crippen molar-refractivity contribution >= 4 is 11.6 Å². The zero-order valence-corrected chi connectivity index (χ0v) is 12.7. The van der Waals surface area contributed by atoms with E-state index in [1.807, 2.05) is 27.0 Å². The van der Waals surface area contributed by atoms with E-state index < -0.39 is 5.54 Å². The summed E-state index contributed by atoms with van der Waals surface area (Å²) in [5, 5.41) is 4.91. The molecule has 1 aromatic carbocycles. The first kappa shape index (κ1) is 15.0. The Balaban J connectivity index is 2.21. The van der Waals surface area contributed by atoms with E-state index in [-0.39, 0.29) is 5.82 Å². The number of hydrogen-bond acceptors (Lipinski definition) is 2. The van der Waals surface area contributed by atoms with Crippen LogP contribution in [0.1, 0.15) is 23.9 Å². The third kappa shape index (κ3) is 3.19. The Morgan fingerprint density at radius 2 is 2.00 bits per heavy atom. The summed E-state index contributed by atoms with van der Waals surface area (Å²) in [5.74, 6) is -0.226. The van der Waals surface area contributed by atoms with Gasteiger partial charge in [0.15, 0.2) is 0 Å². The maximum absolute atomic E-state index is 13.7. The van der Waals surface area contributed by atoms with Crippen LogP contribution in [0, 0.1) is 12.7 Å². The van der Waals surface area contributed by atoms with Crippen LogP contribution >= 0.6 is 11.6 Å². The molecule has 0 aliphatic heterocycles. The average Bonchev–Trinajstić information content (AvgIpc) is 2.58. The lowest BCUT2D eigenvalue weighted by atomic mass is 9.89. The summed E-state index contributed by atoms with van der Waals surface area (Å²) in [6.07, 6.45) is 0.984. The molecule has 1 aromatic heterocycles. The van der Waals surface area contributed by atoms with Gasteiger partial charge >= 0.3 is 0 Å². The van der Waals surface area contributed by atoms with Crippen molar-refractivity contribution in [3.05, 3.63) is 52.1 Å². The Morgan fingerprint density at radius 1 is 1.35 bits per heavy atom. The van der Waals surface area contributed by atoms with Gasteiger partial charge < -0.3 is 5.73 Å². The molecule has 0 bridgehead atoms. The second-order valence-electron chi connectivity index (χ2n) is 5.57. The average molecular weight is 296 g/mol. The lowest BCUT2D eigenvalue weighted by Crippen LogP contribution is -2.41. The zero-order chi connectivity index (χ0) is 14.9. The third-order valence-electron chi connectivity index (χ3n) is 3.39. The van der Waals surface area contributed by atoms with Gasteiger partial charge in [-0.3, -0.25) is 4.68 Å². The molecule has 2 rings (SSSR count). The van der Waals surface area contributed by atoms with Gasteiger partial charge in [0, 0.05) is 19.0 Å². The van der Waals surface area contributed by atoms with Gasteiger partial charge in [-0.15, -0.1) is 0 Å². The summed E-state index contributed by atoms with van der Waals surface area (Å²) < 4.78 is 15.5. The number of benzene rings is 1. The highest BCUT2D eigenvalue weighted by molar-refractivity contribution is 6.31. The number of rotatable bonds is 4. The SMILES string of the molecule is Cc1nn(C)c(CC(C)(N)Cc2ccccc2F)c1Cl. The van der Waals surface area contributed by atoms with Crippen molar-refractivity contribution < 1.29 is 4.39 Å². The van der Waals surface area contributed by atoms with Gasteiger partial charge in [-0.1, -0.05) is 29.8 Å². The van der Waals surface area contributed by atoms with Gasteiger partial charge in [0.25, 0.3) is 0 Å². The summed E-state index contributed by atoms with van der Waals surface area (Å²) in [6.45, 7) is 3.76. The van der Waals surface area contributed by atoms with E-state index in [2.05, 4.69) is 5.10 Å². The number of aromatic nitrogens is 2. The van der Waals surface area contributed by atoms with E-state index in [9.17, 15) is 4.39 Å². The highest BCUT2D eigenvalue weighted by Gasteiger charge is 2.25. The summed E-state index contributed by atoms with van der Waals surface area (Å²) in [4.78, 5) is 0. The number of aryl methyl sites for hydroxylation is 2. The zero-order valence-electron chi connectivity index (χ0n) is 12.0. The number of hydrogen-bond donors (Lipinski definition) is 1. The molecule has 108 valence electrons. The predicted octanol–water partition coefficient (Wildman–Crippen LogP) is 3.02. The molecule has 0 aliphatic carbocycles. The molecule has 20 heavy (non-hydrogen) atoms. The van der Waals surface area contributed by atoms with E-state index >= 15 is 0 Å². The lowest BCUT2D eigenvalue weighted by molar-refractivity contribution is 0.438. The molecule has 2 aromatic rings. The molecule has 0 fully saturated rings. The van der Waals surface area contributed by atoms with Crippen LogP contribution in [0.25, 0.3) is 0 Å². The summed E-state index contributed by atoms with van der Waals surface area (Å²) in [7, 11) is 1.84. The molecule has 5 heteroatoms. The first-order valence-electron chi connectivity index (χ1n) is 6.50. The molecular weight excluding hydrogens is 277 g/mol. The molecule has 0 amide bonds. The van der Waals surface area contributed by atoms with Crippen molar-refractivity contribution in [2.24, 2.45) is 12.8 Å². The Morgan fingerprint density at radius 3 is 2.55 bits per heavy atom. The van der Waals surface area contributed by atoms with Crippen molar-refractivity contribution in [3.63, 3.8) is 0 Å². The molecule has 0 aliphatic rings. The van der Waals surface area contributed by atoms with Crippen LogP contribution in [-0.4, -0.2) is 15.3 Å². The highest BCUT2D eigenvalue weighted by Crippen LogP contribution is 2.25. The first-order chi connectivity index (χ1) is 9.30. The molecule has 1 unspecified atom stereocenters. The Hall–Kier alpha value is -1.39. The largest absolute Gasteiger partial charge is 0.325 e. The fraction of sp³-hybridized carbons (Fsp3) is 0.400. The normalized spacial score (nSPS) is 14.3. The fourth-order valence-electron chi connectivity index (χ4n) is 2.39. The predicted molar refractivity (Wildman–Crippen MR) is 79.4 cm³/mol. The van der Waals surface area contributed by atoms with Gasteiger partial charge in [0.2, 0.25) is 0 Å². The van der Waals surface area contributed by atoms with Crippen molar-refractivity contribution in [2.45, 2.75) is 32.2 Å². The van der Waals surface area contributed by atoms with Crippen LogP contribution in [0.5, 0.6) is 0 Å². The van der Waals surface area contributed by atoms with Gasteiger partial charge in [0.05, 0.1) is 16.4 Å². The molecule has 2 N–H and O–H groups in total. The van der Waals surface area contributed by atoms with Gasteiger partial charge in [-0.2, -0.15) is 5.10 Å². The lowest BCUT2D eigenvalue weighted by Gasteiger charge is -2.25. The number of nitrogens with two attached hydrogens (primary N) is 1. The van der Waals surface area contributed by atoms with Gasteiger partial charge in [-0.25, -0.2) is 4.39 Å². The van der Waals surface area contributed by atoms with Crippen LogP contribution < -0.4 is 5.73 Å². The Kier molecular flexibility index (Phi) is 4.16. The summed E-state index contributed by atoms with van der Waals surface area (Å²) in [5.41, 5.74) is 8.02. The minimum Gasteiger partial charge on any atom is -0.325 e. The van der Waals surface area contributed by atoms with Crippen LogP contribution in [-0.2, 0) is 19.9 Å².